The molecule has 0 fully saturated rings. The van der Waals surface area contributed by atoms with E-state index in [1.165, 1.54) is 5.69 Å². The number of rotatable bonds is 3. The normalized spacial score (nSPS) is 14.1. The first kappa shape index (κ1) is 18.5. The van der Waals surface area contributed by atoms with E-state index in [-0.39, 0.29) is 23.9 Å². The lowest BCUT2D eigenvalue weighted by Crippen LogP contribution is -2.43. The van der Waals surface area contributed by atoms with E-state index >= 15 is 0 Å². The van der Waals surface area contributed by atoms with Gasteiger partial charge in [-0.2, -0.15) is 5.10 Å². The summed E-state index contributed by atoms with van der Waals surface area (Å²) in [5.74, 6) is -0.380. The van der Waals surface area contributed by atoms with Gasteiger partial charge in [-0.25, -0.2) is 0 Å². The minimum Gasteiger partial charge on any atom is -0.343 e. The van der Waals surface area contributed by atoms with Crippen LogP contribution in [0.25, 0.3) is 0 Å². The van der Waals surface area contributed by atoms with Crippen LogP contribution in [0.15, 0.2) is 30.5 Å². The summed E-state index contributed by atoms with van der Waals surface area (Å²) in [6.07, 6.45) is 2.61. The zero-order chi connectivity index (χ0) is 18.9. The molecular weight excluding hydrogens is 352 g/mol. The van der Waals surface area contributed by atoms with Crippen LogP contribution >= 0.6 is 11.6 Å². The third-order valence-electron chi connectivity index (χ3n) is 4.43. The average molecular weight is 375 g/mol. The molecule has 0 aliphatic carbocycles. The first-order valence-corrected chi connectivity index (χ1v) is 9.01. The average Bonchev–Trinajstić information content (AvgIpc) is 3.03. The standard InChI is InChI=1S/C19H23ClN4O2/c1-19(2,3)24-16-8-9-23(12-14(16)10-22-24)17(25)11-21-18(26)13-4-6-15(20)7-5-13/h4-7,10H,8-9,11-12H2,1-3H3,(H,21,26). The molecule has 0 radical (unpaired) electrons. The Morgan fingerprint density at radius 1 is 1.23 bits per heavy atom. The zero-order valence-electron chi connectivity index (χ0n) is 15.3. The van der Waals surface area contributed by atoms with Gasteiger partial charge in [-0.1, -0.05) is 11.6 Å². The summed E-state index contributed by atoms with van der Waals surface area (Å²) in [5, 5.41) is 7.72. The number of amides is 2. The summed E-state index contributed by atoms with van der Waals surface area (Å²) in [6, 6.07) is 6.57. The van der Waals surface area contributed by atoms with Gasteiger partial charge in [0, 0.05) is 41.4 Å². The molecule has 0 atom stereocenters. The molecule has 3 rings (SSSR count). The van der Waals surface area contributed by atoms with Gasteiger partial charge in [0.2, 0.25) is 5.91 Å². The molecule has 7 heteroatoms. The number of nitrogens with zero attached hydrogens (tertiary/aromatic N) is 3. The Balaban J connectivity index is 1.59. The molecule has 0 saturated carbocycles. The molecule has 1 aliphatic rings. The fraction of sp³-hybridized carbons (Fsp3) is 0.421. The molecule has 1 aromatic carbocycles. The van der Waals surface area contributed by atoms with Gasteiger partial charge in [-0.05, 0) is 45.0 Å². The molecule has 2 amide bonds. The highest BCUT2D eigenvalue weighted by Gasteiger charge is 2.27. The maximum Gasteiger partial charge on any atom is 0.251 e. The van der Waals surface area contributed by atoms with Crippen molar-refractivity contribution in [1.29, 1.82) is 0 Å². The number of halogens is 1. The molecule has 1 N–H and O–H groups in total. The van der Waals surface area contributed by atoms with E-state index in [9.17, 15) is 9.59 Å². The molecule has 138 valence electrons. The van der Waals surface area contributed by atoms with Crippen LogP contribution in [0.5, 0.6) is 0 Å². The van der Waals surface area contributed by atoms with Crippen molar-refractivity contribution in [3.8, 4) is 0 Å². The number of hydrogen-bond acceptors (Lipinski definition) is 3. The van der Waals surface area contributed by atoms with Gasteiger partial charge >= 0.3 is 0 Å². The molecule has 2 heterocycles. The summed E-state index contributed by atoms with van der Waals surface area (Å²) in [7, 11) is 0. The van der Waals surface area contributed by atoms with Crippen molar-refractivity contribution >= 4 is 23.4 Å². The Morgan fingerprint density at radius 3 is 2.58 bits per heavy atom. The Bertz CT molecular complexity index is 821. The molecule has 0 spiro atoms. The molecule has 26 heavy (non-hydrogen) atoms. The van der Waals surface area contributed by atoms with Crippen molar-refractivity contribution in [3.05, 3.63) is 52.3 Å². The predicted molar refractivity (Wildman–Crippen MR) is 100 cm³/mol. The first-order chi connectivity index (χ1) is 12.3. The largest absolute Gasteiger partial charge is 0.343 e. The van der Waals surface area contributed by atoms with Gasteiger partial charge in [-0.3, -0.25) is 14.3 Å². The Labute approximate surface area is 158 Å². The maximum atomic E-state index is 12.5. The summed E-state index contributed by atoms with van der Waals surface area (Å²) in [5.41, 5.74) is 2.66. The third-order valence-corrected chi connectivity index (χ3v) is 4.68. The topological polar surface area (TPSA) is 67.2 Å². The second kappa shape index (κ2) is 7.11. The van der Waals surface area contributed by atoms with Crippen molar-refractivity contribution in [2.75, 3.05) is 13.1 Å². The number of hydrogen-bond donors (Lipinski definition) is 1. The minimum absolute atomic E-state index is 0.0236. The van der Waals surface area contributed by atoms with Crippen molar-refractivity contribution in [1.82, 2.24) is 20.0 Å². The zero-order valence-corrected chi connectivity index (χ0v) is 16.0. The highest BCUT2D eigenvalue weighted by Crippen LogP contribution is 2.24. The molecule has 2 aromatic rings. The van der Waals surface area contributed by atoms with Crippen molar-refractivity contribution in [2.45, 2.75) is 39.3 Å². The van der Waals surface area contributed by atoms with E-state index in [1.807, 2.05) is 10.9 Å². The Morgan fingerprint density at radius 2 is 1.92 bits per heavy atom. The van der Waals surface area contributed by atoms with Gasteiger partial charge in [0.15, 0.2) is 0 Å². The SMILES string of the molecule is CC(C)(C)n1ncc2c1CCN(C(=O)CNC(=O)c1ccc(Cl)cc1)C2. The fourth-order valence-electron chi connectivity index (χ4n) is 3.09. The van der Waals surface area contributed by atoms with Gasteiger partial charge in [0.25, 0.3) is 5.91 Å². The number of carbonyl (C=O) groups excluding carboxylic acids is 2. The molecule has 1 aromatic heterocycles. The van der Waals surface area contributed by atoms with Gasteiger partial charge in [0.1, 0.15) is 0 Å². The van der Waals surface area contributed by atoms with Gasteiger partial charge in [-0.15, -0.1) is 0 Å². The van der Waals surface area contributed by atoms with Crippen LogP contribution in [0.3, 0.4) is 0 Å². The van der Waals surface area contributed by atoms with Crippen LogP contribution in [-0.4, -0.2) is 39.6 Å². The van der Waals surface area contributed by atoms with E-state index in [0.29, 0.717) is 23.7 Å². The Hall–Kier alpha value is -2.34. The van der Waals surface area contributed by atoms with Crippen LogP contribution in [0.2, 0.25) is 5.02 Å². The van der Waals surface area contributed by atoms with Crippen LogP contribution in [-0.2, 0) is 23.3 Å². The molecular formula is C19H23ClN4O2. The van der Waals surface area contributed by atoms with E-state index < -0.39 is 0 Å². The predicted octanol–water partition coefficient (Wildman–Crippen LogP) is 2.61. The number of fused-ring (bicyclic) bond motifs is 1. The number of nitrogens with one attached hydrogen (secondary N) is 1. The lowest BCUT2D eigenvalue weighted by Gasteiger charge is -2.30. The van der Waals surface area contributed by atoms with Crippen LogP contribution in [0.1, 0.15) is 42.4 Å². The van der Waals surface area contributed by atoms with E-state index in [1.54, 1.807) is 29.2 Å². The minimum atomic E-state index is -0.284. The lowest BCUT2D eigenvalue weighted by atomic mass is 10.0. The molecule has 0 saturated heterocycles. The van der Waals surface area contributed by atoms with E-state index in [2.05, 4.69) is 31.2 Å². The second-order valence-electron chi connectivity index (χ2n) is 7.45. The Kier molecular flexibility index (Phi) is 5.05. The highest BCUT2D eigenvalue weighted by molar-refractivity contribution is 6.30. The van der Waals surface area contributed by atoms with Crippen LogP contribution in [0.4, 0.5) is 0 Å². The van der Waals surface area contributed by atoms with Crippen molar-refractivity contribution in [2.24, 2.45) is 0 Å². The first-order valence-electron chi connectivity index (χ1n) is 8.63. The van der Waals surface area contributed by atoms with Crippen LogP contribution in [0, 0.1) is 0 Å². The molecule has 1 aliphatic heterocycles. The molecule has 0 unspecified atom stereocenters. The summed E-state index contributed by atoms with van der Waals surface area (Å²) in [4.78, 5) is 26.3. The molecule has 6 nitrogen and oxygen atoms in total. The van der Waals surface area contributed by atoms with Crippen molar-refractivity contribution in [3.63, 3.8) is 0 Å². The number of aromatic nitrogens is 2. The summed E-state index contributed by atoms with van der Waals surface area (Å²) in [6.45, 7) is 7.48. The second-order valence-corrected chi connectivity index (χ2v) is 7.89. The third kappa shape index (κ3) is 3.90. The van der Waals surface area contributed by atoms with E-state index in [0.717, 1.165) is 12.0 Å². The monoisotopic (exact) mass is 374 g/mol. The van der Waals surface area contributed by atoms with E-state index in [4.69, 9.17) is 11.6 Å². The van der Waals surface area contributed by atoms with Gasteiger partial charge < -0.3 is 10.2 Å². The summed E-state index contributed by atoms with van der Waals surface area (Å²) >= 11 is 5.82. The smallest absolute Gasteiger partial charge is 0.251 e. The number of benzene rings is 1. The fourth-order valence-corrected chi connectivity index (χ4v) is 3.22. The van der Waals surface area contributed by atoms with Crippen molar-refractivity contribution < 1.29 is 9.59 Å². The quantitative estimate of drug-likeness (QED) is 0.897. The van der Waals surface area contributed by atoms with Gasteiger partial charge in [0.05, 0.1) is 18.3 Å². The summed E-state index contributed by atoms with van der Waals surface area (Å²) < 4.78 is 2.03. The van der Waals surface area contributed by atoms with Crippen LogP contribution < -0.4 is 5.32 Å². The lowest BCUT2D eigenvalue weighted by molar-refractivity contribution is -0.131. The number of carbonyl (C=O) groups is 2. The highest BCUT2D eigenvalue weighted by atomic mass is 35.5. The maximum absolute atomic E-state index is 12.5. The molecule has 0 bridgehead atoms.